The molecule has 0 atom stereocenters. The Morgan fingerprint density at radius 1 is 1.33 bits per heavy atom. The molecule has 2 aliphatic rings. The van der Waals surface area contributed by atoms with Crippen LogP contribution in [-0.4, -0.2) is 25.0 Å². The number of anilines is 1. The van der Waals surface area contributed by atoms with Crippen molar-refractivity contribution in [1.82, 2.24) is 4.90 Å². The normalized spacial score (nSPS) is 17.2. The molecule has 0 aromatic heterocycles. The lowest BCUT2D eigenvalue weighted by Crippen LogP contribution is -2.20. The van der Waals surface area contributed by atoms with E-state index < -0.39 is 0 Å². The van der Waals surface area contributed by atoms with Crippen molar-refractivity contribution >= 4 is 18.1 Å². The summed E-state index contributed by atoms with van der Waals surface area (Å²) in [5, 5.41) is 3.52. The number of halogens is 1. The van der Waals surface area contributed by atoms with Gasteiger partial charge in [-0.3, -0.25) is 0 Å². The van der Waals surface area contributed by atoms with Gasteiger partial charge in [-0.25, -0.2) is 0 Å². The van der Waals surface area contributed by atoms with Gasteiger partial charge < -0.3 is 10.2 Å². The summed E-state index contributed by atoms with van der Waals surface area (Å²) in [6, 6.07) is 6.73. The van der Waals surface area contributed by atoms with Gasteiger partial charge in [0, 0.05) is 18.8 Å². The molecule has 3 heteroatoms. The van der Waals surface area contributed by atoms with Gasteiger partial charge in [-0.2, -0.15) is 0 Å². The number of hydrogen-bond donors (Lipinski definition) is 1. The topological polar surface area (TPSA) is 15.3 Å². The summed E-state index contributed by atoms with van der Waals surface area (Å²) >= 11 is 0. The number of nitrogens with one attached hydrogen (secondary N) is 1. The Kier molecular flexibility index (Phi) is 4.52. The van der Waals surface area contributed by atoms with Gasteiger partial charge in [0.25, 0.3) is 0 Å². The number of nitrogens with zero attached hydrogens (tertiary/aromatic N) is 1. The van der Waals surface area contributed by atoms with Crippen LogP contribution in [0.4, 0.5) is 5.69 Å². The Balaban J connectivity index is 0.00000120. The number of benzene rings is 1. The van der Waals surface area contributed by atoms with Crippen molar-refractivity contribution in [3.8, 4) is 0 Å². The maximum absolute atomic E-state index is 3.52. The van der Waals surface area contributed by atoms with Gasteiger partial charge in [0.1, 0.15) is 0 Å². The summed E-state index contributed by atoms with van der Waals surface area (Å²) in [4.78, 5) is 2.47. The largest absolute Gasteiger partial charge is 0.384 e. The molecule has 1 fully saturated rings. The maximum atomic E-state index is 3.52. The van der Waals surface area contributed by atoms with Gasteiger partial charge in [0.2, 0.25) is 0 Å². The van der Waals surface area contributed by atoms with Crippen LogP contribution in [0.1, 0.15) is 30.4 Å². The molecular weight excluding hydrogens is 244 g/mol. The molecule has 1 aromatic rings. The number of para-hydroxylation sites is 1. The smallest absolute Gasteiger partial charge is 0.0419 e. The van der Waals surface area contributed by atoms with Gasteiger partial charge in [0.05, 0.1) is 0 Å². The highest BCUT2D eigenvalue weighted by Gasteiger charge is 2.21. The fraction of sp³-hybridized carbons (Fsp3) is 0.600. The molecule has 0 amide bonds. The molecule has 0 radical (unpaired) electrons. The fourth-order valence-electron chi connectivity index (χ4n) is 2.72. The molecule has 18 heavy (non-hydrogen) atoms. The molecule has 0 bridgehead atoms. The first kappa shape index (κ1) is 13.7. The Morgan fingerprint density at radius 3 is 2.94 bits per heavy atom. The molecule has 1 heterocycles. The Morgan fingerprint density at radius 2 is 2.17 bits per heavy atom. The molecule has 1 aliphatic carbocycles. The Labute approximate surface area is 116 Å². The second-order valence-corrected chi connectivity index (χ2v) is 5.60. The minimum atomic E-state index is 0. The lowest BCUT2D eigenvalue weighted by Gasteiger charge is -2.18. The van der Waals surface area contributed by atoms with E-state index in [-0.39, 0.29) is 12.4 Å². The number of hydrogen-bond acceptors (Lipinski definition) is 2. The van der Waals surface area contributed by atoms with Gasteiger partial charge >= 0.3 is 0 Å². The molecule has 1 aliphatic heterocycles. The first-order valence-electron chi connectivity index (χ1n) is 6.86. The van der Waals surface area contributed by atoms with Gasteiger partial charge in [-0.15, -0.1) is 12.4 Å². The zero-order valence-corrected chi connectivity index (χ0v) is 11.9. The maximum Gasteiger partial charge on any atom is 0.0419 e. The van der Waals surface area contributed by atoms with Crippen LogP contribution in [-0.2, 0) is 13.0 Å². The molecule has 3 rings (SSSR count). The number of fused-ring (bicyclic) bond motifs is 1. The molecule has 1 saturated carbocycles. The quantitative estimate of drug-likeness (QED) is 0.880. The minimum absolute atomic E-state index is 0. The molecule has 0 unspecified atom stereocenters. The van der Waals surface area contributed by atoms with Crippen LogP contribution >= 0.6 is 12.4 Å². The molecular formula is C15H23ClN2. The van der Waals surface area contributed by atoms with E-state index in [2.05, 4.69) is 35.5 Å². The predicted octanol–water partition coefficient (Wildman–Crippen LogP) is 3.31. The number of rotatable bonds is 5. The van der Waals surface area contributed by atoms with Crippen LogP contribution in [0, 0.1) is 5.92 Å². The van der Waals surface area contributed by atoms with Crippen molar-refractivity contribution in [3.63, 3.8) is 0 Å². The zero-order chi connectivity index (χ0) is 11.7. The van der Waals surface area contributed by atoms with Gasteiger partial charge in [0.15, 0.2) is 0 Å². The molecule has 0 saturated heterocycles. The van der Waals surface area contributed by atoms with Crippen LogP contribution < -0.4 is 5.32 Å². The van der Waals surface area contributed by atoms with E-state index in [4.69, 9.17) is 0 Å². The standard InChI is InChI=1S/C15H22N2.ClH/c1-17(10-8-12-5-6-12)11-14-4-2-3-13-7-9-16-15(13)14;/h2-4,12,16H,5-11H2,1H3;1H. The van der Waals surface area contributed by atoms with Crippen LogP contribution in [0.3, 0.4) is 0 Å². The van der Waals surface area contributed by atoms with E-state index in [0.29, 0.717) is 0 Å². The van der Waals surface area contributed by atoms with Crippen LogP contribution in [0.5, 0.6) is 0 Å². The molecule has 100 valence electrons. The molecule has 1 N–H and O–H groups in total. The van der Waals surface area contributed by atoms with Crippen molar-refractivity contribution in [2.24, 2.45) is 5.92 Å². The first-order chi connectivity index (χ1) is 8.33. The van der Waals surface area contributed by atoms with E-state index in [1.165, 1.54) is 49.0 Å². The fourth-order valence-corrected chi connectivity index (χ4v) is 2.72. The monoisotopic (exact) mass is 266 g/mol. The second-order valence-electron chi connectivity index (χ2n) is 5.60. The van der Waals surface area contributed by atoms with Crippen LogP contribution in [0.25, 0.3) is 0 Å². The van der Waals surface area contributed by atoms with Gasteiger partial charge in [-0.1, -0.05) is 31.0 Å². The lowest BCUT2D eigenvalue weighted by molar-refractivity contribution is 0.315. The van der Waals surface area contributed by atoms with E-state index in [1.54, 1.807) is 0 Å². The SMILES string of the molecule is CN(CCC1CC1)Cc1cccc2c1NCC2.Cl. The average molecular weight is 267 g/mol. The third-order valence-electron chi connectivity index (χ3n) is 3.99. The summed E-state index contributed by atoms with van der Waals surface area (Å²) in [6.45, 7) is 3.44. The second kappa shape index (κ2) is 5.94. The minimum Gasteiger partial charge on any atom is -0.384 e. The lowest BCUT2D eigenvalue weighted by atomic mass is 10.1. The summed E-state index contributed by atoms with van der Waals surface area (Å²) in [5.41, 5.74) is 4.38. The Bertz CT molecular complexity index is 401. The average Bonchev–Trinajstić information content (AvgIpc) is 3.03. The zero-order valence-electron chi connectivity index (χ0n) is 11.1. The third-order valence-corrected chi connectivity index (χ3v) is 3.99. The van der Waals surface area contributed by atoms with Crippen LogP contribution in [0.2, 0.25) is 0 Å². The van der Waals surface area contributed by atoms with Crippen molar-refractivity contribution in [2.75, 3.05) is 25.5 Å². The highest BCUT2D eigenvalue weighted by molar-refractivity contribution is 5.85. The Hall–Kier alpha value is -0.730. The summed E-state index contributed by atoms with van der Waals surface area (Å²) < 4.78 is 0. The predicted molar refractivity (Wildman–Crippen MR) is 79.6 cm³/mol. The van der Waals surface area contributed by atoms with Crippen molar-refractivity contribution in [3.05, 3.63) is 29.3 Å². The summed E-state index contributed by atoms with van der Waals surface area (Å²) in [6.07, 6.45) is 5.51. The van der Waals surface area contributed by atoms with Crippen molar-refractivity contribution < 1.29 is 0 Å². The van der Waals surface area contributed by atoms with Crippen LogP contribution in [0.15, 0.2) is 18.2 Å². The summed E-state index contributed by atoms with van der Waals surface area (Å²) in [5.74, 6) is 1.04. The highest BCUT2D eigenvalue weighted by atomic mass is 35.5. The summed E-state index contributed by atoms with van der Waals surface area (Å²) in [7, 11) is 2.25. The first-order valence-corrected chi connectivity index (χ1v) is 6.86. The van der Waals surface area contributed by atoms with E-state index >= 15 is 0 Å². The van der Waals surface area contributed by atoms with Crippen molar-refractivity contribution in [1.29, 1.82) is 0 Å². The third kappa shape index (κ3) is 3.18. The van der Waals surface area contributed by atoms with Crippen molar-refractivity contribution in [2.45, 2.75) is 32.2 Å². The molecule has 2 nitrogen and oxygen atoms in total. The molecule has 1 aromatic carbocycles. The highest BCUT2D eigenvalue weighted by Crippen LogP contribution is 2.32. The van der Waals surface area contributed by atoms with E-state index in [0.717, 1.165) is 19.0 Å². The molecule has 0 spiro atoms. The van der Waals surface area contributed by atoms with E-state index in [1.807, 2.05) is 0 Å². The van der Waals surface area contributed by atoms with E-state index in [9.17, 15) is 0 Å². The van der Waals surface area contributed by atoms with Gasteiger partial charge in [-0.05, 0) is 43.5 Å².